The zero-order valence-corrected chi connectivity index (χ0v) is 18.6. The van der Waals surface area contributed by atoms with Crippen LogP contribution >= 0.6 is 11.6 Å². The van der Waals surface area contributed by atoms with Gasteiger partial charge in [0.2, 0.25) is 0 Å². The Kier molecular flexibility index (Phi) is 5.97. The van der Waals surface area contributed by atoms with E-state index in [0.29, 0.717) is 13.1 Å². The van der Waals surface area contributed by atoms with Gasteiger partial charge in [-0.25, -0.2) is 0 Å². The van der Waals surface area contributed by atoms with E-state index in [-0.39, 0.29) is 12.5 Å². The van der Waals surface area contributed by atoms with Crippen molar-refractivity contribution in [3.05, 3.63) is 89.4 Å². The highest BCUT2D eigenvalue weighted by molar-refractivity contribution is 6.30. The van der Waals surface area contributed by atoms with Gasteiger partial charge in [-0.05, 0) is 39.9 Å². The summed E-state index contributed by atoms with van der Waals surface area (Å²) in [6.45, 7) is 4.07. The molecule has 5 heteroatoms. The number of nitrogens with zero attached hydrogens (tertiary/aromatic N) is 2. The number of benzene rings is 4. The molecule has 0 radical (unpaired) electrons. The Morgan fingerprint density at radius 3 is 2.22 bits per heavy atom. The third-order valence-corrected chi connectivity index (χ3v) is 6.38. The normalized spacial score (nSPS) is 14.7. The first-order valence-corrected chi connectivity index (χ1v) is 11.3. The average molecular weight is 445 g/mol. The lowest BCUT2D eigenvalue weighted by Gasteiger charge is -2.34. The van der Waals surface area contributed by atoms with Gasteiger partial charge in [0.1, 0.15) is 5.75 Å². The zero-order chi connectivity index (χ0) is 21.9. The lowest BCUT2D eigenvalue weighted by molar-refractivity contribution is -0.135. The van der Waals surface area contributed by atoms with Gasteiger partial charge in [-0.1, -0.05) is 72.3 Å². The number of carbonyl (C=O) groups is 1. The van der Waals surface area contributed by atoms with Crippen molar-refractivity contribution in [3.8, 4) is 5.75 Å². The second-order valence-electron chi connectivity index (χ2n) is 8.21. The summed E-state index contributed by atoms with van der Waals surface area (Å²) in [6, 6.07) is 26.5. The first-order valence-electron chi connectivity index (χ1n) is 11.0. The maximum absolute atomic E-state index is 12.8. The van der Waals surface area contributed by atoms with Crippen LogP contribution in [-0.4, -0.2) is 48.5 Å². The predicted octanol–water partition coefficient (Wildman–Crippen LogP) is 5.37. The molecular weight excluding hydrogens is 420 g/mol. The summed E-state index contributed by atoms with van der Waals surface area (Å²) in [7, 11) is 0. The molecule has 0 aromatic heterocycles. The van der Waals surface area contributed by atoms with Gasteiger partial charge < -0.3 is 9.64 Å². The highest BCUT2D eigenvalue weighted by Gasteiger charge is 2.22. The topological polar surface area (TPSA) is 32.8 Å². The fourth-order valence-corrected chi connectivity index (χ4v) is 4.50. The maximum atomic E-state index is 12.8. The molecule has 0 spiro atoms. The van der Waals surface area contributed by atoms with E-state index in [2.05, 4.69) is 41.3 Å². The van der Waals surface area contributed by atoms with Crippen molar-refractivity contribution in [1.29, 1.82) is 0 Å². The standard InChI is InChI=1S/C27H25ClN2O2/c28-22-11-9-20(10-12-22)18-29-13-15-30(16-14-29)27(31)19-32-26-17-21-5-1-2-6-23(21)24-7-3-4-8-25(24)26/h1-12,17H,13-16,18-19H2. The summed E-state index contributed by atoms with van der Waals surface area (Å²) < 4.78 is 6.06. The highest BCUT2D eigenvalue weighted by atomic mass is 35.5. The maximum Gasteiger partial charge on any atom is 0.260 e. The van der Waals surface area contributed by atoms with Crippen molar-refractivity contribution in [2.75, 3.05) is 32.8 Å². The van der Waals surface area contributed by atoms with Gasteiger partial charge in [-0.15, -0.1) is 0 Å². The number of rotatable bonds is 5. The van der Waals surface area contributed by atoms with Crippen LogP contribution in [0.3, 0.4) is 0 Å². The number of carbonyl (C=O) groups excluding carboxylic acids is 1. The first-order chi connectivity index (χ1) is 15.7. The van der Waals surface area contributed by atoms with E-state index in [4.69, 9.17) is 16.3 Å². The van der Waals surface area contributed by atoms with Crippen molar-refractivity contribution >= 4 is 39.1 Å². The molecular formula is C27H25ClN2O2. The molecule has 0 aliphatic carbocycles. The van der Waals surface area contributed by atoms with Crippen molar-refractivity contribution < 1.29 is 9.53 Å². The van der Waals surface area contributed by atoms with Gasteiger partial charge in [0.05, 0.1) is 0 Å². The van der Waals surface area contributed by atoms with Crippen LogP contribution in [0, 0.1) is 0 Å². The highest BCUT2D eigenvalue weighted by Crippen LogP contribution is 2.33. The van der Waals surface area contributed by atoms with Crippen molar-refractivity contribution in [3.63, 3.8) is 0 Å². The van der Waals surface area contributed by atoms with Crippen LogP contribution in [0.15, 0.2) is 78.9 Å². The summed E-state index contributed by atoms with van der Waals surface area (Å²) >= 11 is 5.97. The smallest absolute Gasteiger partial charge is 0.260 e. The van der Waals surface area contributed by atoms with Crippen LogP contribution < -0.4 is 4.74 Å². The van der Waals surface area contributed by atoms with Crippen LogP contribution in [0.1, 0.15) is 5.56 Å². The molecule has 1 fully saturated rings. The molecule has 0 unspecified atom stereocenters. The molecule has 1 saturated heterocycles. The molecule has 0 atom stereocenters. The van der Waals surface area contributed by atoms with Crippen LogP contribution in [0.25, 0.3) is 21.5 Å². The molecule has 4 aromatic rings. The van der Waals surface area contributed by atoms with Gasteiger partial charge in [-0.2, -0.15) is 0 Å². The largest absolute Gasteiger partial charge is 0.483 e. The van der Waals surface area contributed by atoms with Crippen molar-refractivity contribution in [2.24, 2.45) is 0 Å². The quantitative estimate of drug-likeness (QED) is 0.388. The number of halogens is 1. The Labute approximate surface area is 192 Å². The molecule has 5 rings (SSSR count). The molecule has 162 valence electrons. The van der Waals surface area contributed by atoms with Gasteiger partial charge in [0.25, 0.3) is 5.91 Å². The van der Waals surface area contributed by atoms with E-state index in [1.54, 1.807) is 0 Å². The zero-order valence-electron chi connectivity index (χ0n) is 17.8. The van der Waals surface area contributed by atoms with Crippen LogP contribution in [0.4, 0.5) is 0 Å². The molecule has 1 aliphatic rings. The Hall–Kier alpha value is -3.08. The van der Waals surface area contributed by atoms with E-state index in [0.717, 1.165) is 46.6 Å². The fraction of sp³-hybridized carbons (Fsp3) is 0.222. The minimum Gasteiger partial charge on any atom is -0.483 e. The van der Waals surface area contributed by atoms with E-state index in [1.165, 1.54) is 10.9 Å². The monoisotopic (exact) mass is 444 g/mol. The first kappa shape index (κ1) is 20.8. The number of ether oxygens (including phenoxy) is 1. The molecule has 0 saturated carbocycles. The third kappa shape index (κ3) is 4.43. The van der Waals surface area contributed by atoms with Gasteiger partial charge >= 0.3 is 0 Å². The Morgan fingerprint density at radius 2 is 1.47 bits per heavy atom. The van der Waals surface area contributed by atoms with E-state index < -0.39 is 0 Å². The minimum absolute atomic E-state index is 0.0355. The predicted molar refractivity (Wildman–Crippen MR) is 130 cm³/mol. The summed E-state index contributed by atoms with van der Waals surface area (Å²) in [6.07, 6.45) is 0. The molecule has 4 aromatic carbocycles. The van der Waals surface area contributed by atoms with Crippen molar-refractivity contribution in [1.82, 2.24) is 9.80 Å². The average Bonchev–Trinajstić information content (AvgIpc) is 2.84. The van der Waals surface area contributed by atoms with E-state index in [9.17, 15) is 4.79 Å². The van der Waals surface area contributed by atoms with Gasteiger partial charge in [0.15, 0.2) is 6.61 Å². The fourth-order valence-electron chi connectivity index (χ4n) is 4.37. The Morgan fingerprint density at radius 1 is 0.812 bits per heavy atom. The third-order valence-electron chi connectivity index (χ3n) is 6.13. The summed E-state index contributed by atoms with van der Waals surface area (Å²) in [5.41, 5.74) is 1.24. The number of fused-ring (bicyclic) bond motifs is 3. The SMILES string of the molecule is O=C(COc1cc2ccccc2c2ccccc12)N1CCN(Cc2ccc(Cl)cc2)CC1. The van der Waals surface area contributed by atoms with E-state index >= 15 is 0 Å². The summed E-state index contributed by atoms with van der Waals surface area (Å²) in [5, 5.41) is 5.24. The molecule has 32 heavy (non-hydrogen) atoms. The second-order valence-corrected chi connectivity index (χ2v) is 8.65. The number of amides is 1. The molecule has 1 amide bonds. The number of hydrogen-bond donors (Lipinski definition) is 0. The molecule has 1 heterocycles. The summed E-state index contributed by atoms with van der Waals surface area (Å²) in [5.74, 6) is 0.794. The summed E-state index contributed by atoms with van der Waals surface area (Å²) in [4.78, 5) is 17.1. The lowest BCUT2D eigenvalue weighted by Crippen LogP contribution is -2.49. The minimum atomic E-state index is 0.0355. The lowest BCUT2D eigenvalue weighted by atomic mass is 10.0. The van der Waals surface area contributed by atoms with Gasteiger partial charge in [-0.3, -0.25) is 9.69 Å². The molecule has 1 aliphatic heterocycles. The molecule has 0 N–H and O–H groups in total. The number of hydrogen-bond acceptors (Lipinski definition) is 3. The van der Waals surface area contributed by atoms with Gasteiger partial charge in [0, 0.05) is 43.1 Å². The van der Waals surface area contributed by atoms with Crippen LogP contribution in [0.5, 0.6) is 5.75 Å². The Balaban J connectivity index is 1.22. The van der Waals surface area contributed by atoms with Crippen LogP contribution in [-0.2, 0) is 11.3 Å². The second kappa shape index (κ2) is 9.19. The van der Waals surface area contributed by atoms with Crippen LogP contribution in [0.2, 0.25) is 5.02 Å². The Bertz CT molecular complexity index is 1250. The van der Waals surface area contributed by atoms with E-state index in [1.807, 2.05) is 47.4 Å². The number of piperazine rings is 1. The van der Waals surface area contributed by atoms with Crippen molar-refractivity contribution in [2.45, 2.75) is 6.54 Å². The molecule has 0 bridgehead atoms. The molecule has 4 nitrogen and oxygen atoms in total.